The normalized spacial score (nSPS) is 12.1. The molecule has 0 radical (unpaired) electrons. The number of aromatic amines is 1. The molecule has 4 nitrogen and oxygen atoms in total. The van der Waals surface area contributed by atoms with E-state index in [0.717, 1.165) is 0 Å². The topological polar surface area (TPSA) is 59.6 Å². The molecule has 0 unspecified atom stereocenters. The highest BCUT2D eigenvalue weighted by Gasteiger charge is 2.37. The summed E-state index contributed by atoms with van der Waals surface area (Å²) in [5.74, 6) is 0. The molecule has 2 heterocycles. The van der Waals surface area contributed by atoms with Crippen molar-refractivity contribution >= 4 is 0 Å². The van der Waals surface area contributed by atoms with Gasteiger partial charge in [-0.05, 0) is 19.0 Å². The van der Waals surface area contributed by atoms with Crippen molar-refractivity contribution in [2.24, 2.45) is 12.8 Å². The molecule has 0 amide bonds. The lowest BCUT2D eigenvalue weighted by Crippen LogP contribution is -2.12. The minimum atomic E-state index is -4.44. The van der Waals surface area contributed by atoms with Gasteiger partial charge >= 0.3 is 6.18 Å². The second-order valence-electron chi connectivity index (χ2n) is 4.03. The molecule has 0 aliphatic heterocycles. The molecule has 0 bridgehead atoms. The quantitative estimate of drug-likeness (QED) is 0.883. The number of aromatic nitrogens is 3. The third kappa shape index (κ3) is 2.26. The fraction of sp³-hybridized carbons (Fsp3) is 0.364. The van der Waals surface area contributed by atoms with Crippen LogP contribution in [0.25, 0.3) is 11.3 Å². The Morgan fingerprint density at radius 3 is 2.67 bits per heavy atom. The molecule has 0 aliphatic carbocycles. The molecule has 2 rings (SSSR count). The molecule has 3 N–H and O–H groups in total. The van der Waals surface area contributed by atoms with Gasteiger partial charge in [-0.3, -0.25) is 5.10 Å². The highest BCUT2D eigenvalue weighted by atomic mass is 19.4. The third-order valence-corrected chi connectivity index (χ3v) is 2.65. The average Bonchev–Trinajstić information content (AvgIpc) is 2.83. The number of rotatable bonds is 3. The number of aryl methyl sites for hydroxylation is 1. The van der Waals surface area contributed by atoms with Crippen LogP contribution in [-0.2, 0) is 19.6 Å². The van der Waals surface area contributed by atoms with Crippen LogP contribution >= 0.6 is 0 Å². The molecule has 0 aliphatic rings. The second kappa shape index (κ2) is 4.49. The van der Waals surface area contributed by atoms with Crippen molar-refractivity contribution in [1.29, 1.82) is 0 Å². The Bertz CT molecular complexity index is 539. The van der Waals surface area contributed by atoms with Gasteiger partial charge in [-0.2, -0.15) is 18.3 Å². The summed E-state index contributed by atoms with van der Waals surface area (Å²) in [5, 5.41) is 5.84. The Labute approximate surface area is 102 Å². The Morgan fingerprint density at radius 2 is 2.17 bits per heavy atom. The van der Waals surface area contributed by atoms with Crippen LogP contribution in [0.5, 0.6) is 0 Å². The lowest BCUT2D eigenvalue weighted by molar-refractivity contribution is -0.141. The van der Waals surface area contributed by atoms with E-state index in [0.29, 0.717) is 11.3 Å². The maximum absolute atomic E-state index is 12.8. The molecule has 0 spiro atoms. The number of hydrogen-bond acceptors (Lipinski definition) is 2. The van der Waals surface area contributed by atoms with E-state index in [4.69, 9.17) is 5.73 Å². The van der Waals surface area contributed by atoms with Gasteiger partial charge in [0.2, 0.25) is 0 Å². The summed E-state index contributed by atoms with van der Waals surface area (Å²) in [7, 11) is 1.80. The number of alkyl halides is 3. The SMILES string of the molecule is Cn1ccc(-c2n[nH]c(C(F)(F)F)c2CCN)c1. The van der Waals surface area contributed by atoms with Crippen LogP contribution in [-0.4, -0.2) is 21.3 Å². The summed E-state index contributed by atoms with van der Waals surface area (Å²) < 4.78 is 40.1. The minimum absolute atomic E-state index is 0.121. The average molecular weight is 258 g/mol. The zero-order valence-corrected chi connectivity index (χ0v) is 9.75. The van der Waals surface area contributed by atoms with Crippen LogP contribution in [0.3, 0.4) is 0 Å². The third-order valence-electron chi connectivity index (χ3n) is 2.65. The predicted molar refractivity (Wildman–Crippen MR) is 60.8 cm³/mol. The van der Waals surface area contributed by atoms with Crippen molar-refractivity contribution < 1.29 is 13.2 Å². The van der Waals surface area contributed by atoms with Gasteiger partial charge in [-0.15, -0.1) is 0 Å². The maximum atomic E-state index is 12.8. The van der Waals surface area contributed by atoms with Crippen molar-refractivity contribution in [2.75, 3.05) is 6.54 Å². The zero-order valence-electron chi connectivity index (χ0n) is 9.75. The number of halogens is 3. The number of hydrogen-bond donors (Lipinski definition) is 2. The predicted octanol–water partition coefficient (Wildman–Crippen LogP) is 1.94. The first kappa shape index (κ1) is 12.7. The van der Waals surface area contributed by atoms with Crippen LogP contribution in [0.2, 0.25) is 0 Å². The molecular formula is C11H13F3N4. The molecule has 0 aromatic carbocycles. The van der Waals surface area contributed by atoms with E-state index in [1.807, 2.05) is 0 Å². The molecule has 18 heavy (non-hydrogen) atoms. The molecule has 0 atom stereocenters. The lowest BCUT2D eigenvalue weighted by atomic mass is 10.1. The van der Waals surface area contributed by atoms with Crippen LogP contribution < -0.4 is 5.73 Å². The fourth-order valence-corrected chi connectivity index (χ4v) is 1.87. The molecule has 2 aromatic rings. The van der Waals surface area contributed by atoms with Gasteiger partial charge in [-0.1, -0.05) is 0 Å². The first-order valence-electron chi connectivity index (χ1n) is 5.40. The minimum Gasteiger partial charge on any atom is -0.357 e. The number of nitrogens with two attached hydrogens (primary N) is 1. The van der Waals surface area contributed by atoms with Crippen molar-refractivity contribution in [3.8, 4) is 11.3 Å². The van der Waals surface area contributed by atoms with Crippen molar-refractivity contribution in [2.45, 2.75) is 12.6 Å². The summed E-state index contributed by atoms with van der Waals surface area (Å²) in [6, 6.07) is 1.72. The van der Waals surface area contributed by atoms with Gasteiger partial charge in [0, 0.05) is 30.6 Å². The van der Waals surface area contributed by atoms with Crippen molar-refractivity contribution in [3.63, 3.8) is 0 Å². The smallest absolute Gasteiger partial charge is 0.357 e. The van der Waals surface area contributed by atoms with Crippen LogP contribution in [0.1, 0.15) is 11.3 Å². The summed E-state index contributed by atoms with van der Waals surface area (Å²) in [4.78, 5) is 0. The summed E-state index contributed by atoms with van der Waals surface area (Å²) in [5.41, 5.74) is 5.64. The standard InChI is InChI=1S/C11H13F3N4/c1-18-5-3-7(6-18)9-8(2-4-15)10(17-16-9)11(12,13)14/h3,5-6H,2,4,15H2,1H3,(H,16,17). The van der Waals surface area contributed by atoms with Gasteiger partial charge in [0.15, 0.2) is 0 Å². The van der Waals surface area contributed by atoms with Crippen LogP contribution in [0.4, 0.5) is 13.2 Å². The van der Waals surface area contributed by atoms with E-state index in [9.17, 15) is 13.2 Å². The van der Waals surface area contributed by atoms with E-state index in [1.54, 1.807) is 30.1 Å². The molecule has 0 saturated heterocycles. The Balaban J connectivity index is 2.52. The Hall–Kier alpha value is -1.76. The number of H-pyrrole nitrogens is 1. The highest BCUT2D eigenvalue weighted by molar-refractivity contribution is 5.63. The van der Waals surface area contributed by atoms with Gasteiger partial charge in [0.25, 0.3) is 0 Å². The Kier molecular flexibility index (Phi) is 3.16. The molecule has 0 fully saturated rings. The van der Waals surface area contributed by atoms with Crippen LogP contribution in [0.15, 0.2) is 18.5 Å². The molecular weight excluding hydrogens is 245 g/mol. The monoisotopic (exact) mass is 258 g/mol. The summed E-state index contributed by atoms with van der Waals surface area (Å²) >= 11 is 0. The largest absolute Gasteiger partial charge is 0.433 e. The van der Waals surface area contributed by atoms with E-state index in [-0.39, 0.29) is 18.5 Å². The first-order chi connectivity index (χ1) is 8.43. The summed E-state index contributed by atoms with van der Waals surface area (Å²) in [6.45, 7) is 0.141. The van der Waals surface area contributed by atoms with Gasteiger partial charge in [0.1, 0.15) is 5.69 Å². The zero-order chi connectivity index (χ0) is 13.3. The Morgan fingerprint density at radius 1 is 1.44 bits per heavy atom. The van der Waals surface area contributed by atoms with E-state index >= 15 is 0 Å². The number of nitrogens with one attached hydrogen (secondary N) is 1. The second-order valence-corrected chi connectivity index (χ2v) is 4.03. The highest BCUT2D eigenvalue weighted by Crippen LogP contribution is 2.35. The van der Waals surface area contributed by atoms with Gasteiger partial charge < -0.3 is 10.3 Å². The first-order valence-corrected chi connectivity index (χ1v) is 5.40. The maximum Gasteiger partial charge on any atom is 0.433 e. The van der Waals surface area contributed by atoms with Crippen molar-refractivity contribution in [1.82, 2.24) is 14.8 Å². The molecule has 98 valence electrons. The molecule has 2 aromatic heterocycles. The molecule has 0 saturated carbocycles. The van der Waals surface area contributed by atoms with E-state index < -0.39 is 11.9 Å². The lowest BCUT2D eigenvalue weighted by Gasteiger charge is -2.07. The van der Waals surface area contributed by atoms with Crippen LogP contribution in [0, 0.1) is 0 Å². The van der Waals surface area contributed by atoms with E-state index in [2.05, 4.69) is 10.2 Å². The molecule has 7 heteroatoms. The number of nitrogens with zero attached hydrogens (tertiary/aromatic N) is 2. The van der Waals surface area contributed by atoms with E-state index in [1.165, 1.54) is 0 Å². The van der Waals surface area contributed by atoms with Gasteiger partial charge in [-0.25, -0.2) is 0 Å². The fourth-order valence-electron chi connectivity index (χ4n) is 1.87. The summed E-state index contributed by atoms with van der Waals surface area (Å²) in [6.07, 6.45) is -0.833. The van der Waals surface area contributed by atoms with Gasteiger partial charge in [0.05, 0.1) is 5.69 Å². The van der Waals surface area contributed by atoms with Crippen molar-refractivity contribution in [3.05, 3.63) is 29.7 Å².